The van der Waals surface area contributed by atoms with Crippen LogP contribution in [-0.4, -0.2) is 17.7 Å². The fourth-order valence-electron chi connectivity index (χ4n) is 4.68. The SMILES string of the molecule is C=C(C)[C@H]1C[C@H](c2ccc(Cl)cc2)[C@H](c2ccc(Cl)cc2)O[C@@H]1c1cc(Br)cc(F)c1OCC(=O)O. The second-order valence-electron chi connectivity index (χ2n) is 8.86. The summed E-state index contributed by atoms with van der Waals surface area (Å²) < 4.78 is 27.7. The Hall–Kier alpha value is -2.38. The molecule has 0 amide bonds. The van der Waals surface area contributed by atoms with E-state index in [9.17, 15) is 4.79 Å². The number of rotatable bonds is 7. The van der Waals surface area contributed by atoms with Crippen molar-refractivity contribution in [3.05, 3.63) is 110 Å². The molecule has 1 N–H and O–H groups in total. The van der Waals surface area contributed by atoms with E-state index in [1.165, 1.54) is 6.07 Å². The maximum absolute atomic E-state index is 15.0. The highest BCUT2D eigenvalue weighted by molar-refractivity contribution is 9.10. The molecule has 3 aromatic rings. The van der Waals surface area contributed by atoms with Crippen LogP contribution < -0.4 is 4.74 Å². The molecule has 188 valence electrons. The topological polar surface area (TPSA) is 55.8 Å². The van der Waals surface area contributed by atoms with Crippen molar-refractivity contribution in [3.8, 4) is 5.75 Å². The number of halogens is 4. The minimum absolute atomic E-state index is 0.0539. The normalized spacial score (nSPS) is 21.7. The van der Waals surface area contributed by atoms with Crippen LogP contribution in [0, 0.1) is 11.7 Å². The fraction of sp³-hybridized carbons (Fsp3) is 0.250. The van der Waals surface area contributed by atoms with Crippen LogP contribution in [0.2, 0.25) is 10.0 Å². The molecule has 4 rings (SSSR count). The van der Waals surface area contributed by atoms with Gasteiger partial charge in [0.15, 0.2) is 18.2 Å². The lowest BCUT2D eigenvalue weighted by Gasteiger charge is -2.43. The molecule has 4 nitrogen and oxygen atoms in total. The number of aliphatic carboxylic acids is 1. The van der Waals surface area contributed by atoms with Crippen molar-refractivity contribution in [2.45, 2.75) is 31.5 Å². The van der Waals surface area contributed by atoms with Gasteiger partial charge in [-0.15, -0.1) is 0 Å². The van der Waals surface area contributed by atoms with E-state index in [0.29, 0.717) is 26.5 Å². The van der Waals surface area contributed by atoms with Gasteiger partial charge in [-0.3, -0.25) is 0 Å². The van der Waals surface area contributed by atoms with Gasteiger partial charge in [0.1, 0.15) is 0 Å². The highest BCUT2D eigenvalue weighted by Gasteiger charge is 2.42. The zero-order valence-electron chi connectivity index (χ0n) is 19.4. The largest absolute Gasteiger partial charge is 0.479 e. The predicted molar refractivity (Wildman–Crippen MR) is 142 cm³/mol. The Morgan fingerprint density at radius 1 is 1.08 bits per heavy atom. The molecule has 8 heteroatoms. The molecule has 1 heterocycles. The van der Waals surface area contributed by atoms with Gasteiger partial charge < -0.3 is 14.6 Å². The van der Waals surface area contributed by atoms with Gasteiger partial charge in [0.25, 0.3) is 0 Å². The van der Waals surface area contributed by atoms with Crippen molar-refractivity contribution in [1.29, 1.82) is 0 Å². The lowest BCUT2D eigenvalue weighted by atomic mass is 9.74. The zero-order chi connectivity index (χ0) is 26.0. The first-order chi connectivity index (χ1) is 17.1. The second-order valence-corrected chi connectivity index (χ2v) is 10.7. The van der Waals surface area contributed by atoms with Crippen LogP contribution in [0.15, 0.2) is 77.3 Å². The lowest BCUT2D eigenvalue weighted by molar-refractivity contribution is -0.139. The molecule has 3 aromatic carbocycles. The monoisotopic (exact) mass is 592 g/mol. The molecule has 1 saturated heterocycles. The Bertz CT molecular complexity index is 1260. The quantitative estimate of drug-likeness (QED) is 0.279. The van der Waals surface area contributed by atoms with Crippen molar-refractivity contribution in [2.75, 3.05) is 6.61 Å². The summed E-state index contributed by atoms with van der Waals surface area (Å²) in [6, 6.07) is 18.0. The summed E-state index contributed by atoms with van der Waals surface area (Å²) in [7, 11) is 0. The van der Waals surface area contributed by atoms with Crippen molar-refractivity contribution in [2.24, 2.45) is 5.92 Å². The van der Waals surface area contributed by atoms with E-state index >= 15 is 4.39 Å². The van der Waals surface area contributed by atoms with Crippen molar-refractivity contribution < 1.29 is 23.8 Å². The minimum Gasteiger partial charge on any atom is -0.479 e. The third-order valence-electron chi connectivity index (χ3n) is 6.35. The highest BCUT2D eigenvalue weighted by Crippen LogP contribution is 2.53. The molecule has 1 fully saturated rings. The van der Waals surface area contributed by atoms with E-state index in [4.69, 9.17) is 37.8 Å². The molecule has 0 bridgehead atoms. The first-order valence-corrected chi connectivity index (χ1v) is 12.8. The molecule has 1 aliphatic rings. The van der Waals surface area contributed by atoms with Crippen molar-refractivity contribution >= 4 is 45.1 Å². The molecule has 0 aromatic heterocycles. The molecule has 0 radical (unpaired) electrons. The molecule has 0 aliphatic carbocycles. The van der Waals surface area contributed by atoms with Gasteiger partial charge in [0.05, 0.1) is 12.2 Å². The standard InChI is InChI=1S/C28H24BrCl2FO4/c1-15(2)21-13-22(16-3-7-19(30)8-4-16)26(17-5-9-20(31)10-6-17)36-27(21)23-11-18(29)12-24(32)28(23)35-14-25(33)34/h3-12,21-22,26-27H,1,13-14H2,2H3,(H,33,34)/t21-,22-,26+,27+/m1/s1. The van der Waals surface area contributed by atoms with Gasteiger partial charge in [0.2, 0.25) is 0 Å². The summed E-state index contributed by atoms with van der Waals surface area (Å²) in [5, 5.41) is 10.4. The first-order valence-electron chi connectivity index (χ1n) is 11.3. The highest BCUT2D eigenvalue weighted by atomic mass is 79.9. The van der Waals surface area contributed by atoms with Crippen molar-refractivity contribution in [3.63, 3.8) is 0 Å². The molecule has 0 spiro atoms. The minimum atomic E-state index is -1.20. The van der Waals surface area contributed by atoms with Crippen LogP contribution in [0.5, 0.6) is 5.75 Å². The smallest absolute Gasteiger partial charge is 0.341 e. The lowest BCUT2D eigenvalue weighted by Crippen LogP contribution is -2.32. The Morgan fingerprint density at radius 2 is 1.67 bits per heavy atom. The number of carboxylic acids is 1. The van der Waals surface area contributed by atoms with Crippen molar-refractivity contribution in [1.82, 2.24) is 0 Å². The third-order valence-corrected chi connectivity index (χ3v) is 7.31. The molecule has 1 aliphatic heterocycles. The first kappa shape index (κ1) is 26.7. The summed E-state index contributed by atoms with van der Waals surface area (Å²) in [5.41, 5.74) is 3.24. The maximum atomic E-state index is 15.0. The molecule has 4 atom stereocenters. The van der Waals surface area contributed by atoms with Crippen LogP contribution in [0.25, 0.3) is 0 Å². The summed E-state index contributed by atoms with van der Waals surface area (Å²) in [6.45, 7) is 5.43. The van der Waals surface area contributed by atoms with Gasteiger partial charge in [-0.25, -0.2) is 9.18 Å². The third kappa shape index (κ3) is 5.94. The number of hydrogen-bond donors (Lipinski definition) is 1. The number of carbonyl (C=O) groups is 1. The number of benzene rings is 3. The molecular weight excluding hydrogens is 570 g/mol. The Balaban J connectivity index is 1.83. The molecule has 36 heavy (non-hydrogen) atoms. The van der Waals surface area contributed by atoms with E-state index in [2.05, 4.69) is 22.5 Å². The fourth-order valence-corrected chi connectivity index (χ4v) is 5.38. The number of hydrogen-bond acceptors (Lipinski definition) is 3. The van der Waals surface area contributed by atoms with Crippen LogP contribution >= 0.6 is 39.1 Å². The molecular formula is C28H24BrCl2FO4. The average Bonchev–Trinajstić information content (AvgIpc) is 2.83. The summed E-state index contributed by atoms with van der Waals surface area (Å²) in [6.07, 6.45) is -0.387. The summed E-state index contributed by atoms with van der Waals surface area (Å²) in [4.78, 5) is 11.2. The van der Waals surface area contributed by atoms with Crippen LogP contribution in [0.3, 0.4) is 0 Å². The van der Waals surface area contributed by atoms with E-state index < -0.39 is 30.6 Å². The van der Waals surface area contributed by atoms with E-state index in [-0.39, 0.29) is 17.6 Å². The van der Waals surface area contributed by atoms with E-state index in [0.717, 1.165) is 16.7 Å². The van der Waals surface area contributed by atoms with Gasteiger partial charge in [0, 0.05) is 31.9 Å². The van der Waals surface area contributed by atoms with E-state index in [1.807, 2.05) is 43.3 Å². The van der Waals surface area contributed by atoms with Gasteiger partial charge >= 0.3 is 5.97 Å². The average molecular weight is 594 g/mol. The second kappa shape index (κ2) is 11.3. The number of carboxylic acid groups (broad SMARTS) is 1. The maximum Gasteiger partial charge on any atom is 0.341 e. The Labute approximate surface area is 227 Å². The zero-order valence-corrected chi connectivity index (χ0v) is 22.5. The number of ether oxygens (including phenoxy) is 2. The molecule has 0 saturated carbocycles. The van der Waals surface area contributed by atoms with E-state index in [1.54, 1.807) is 18.2 Å². The molecule has 0 unspecified atom stereocenters. The Kier molecular flexibility index (Phi) is 8.41. The summed E-state index contributed by atoms with van der Waals surface area (Å²) in [5.74, 6) is -2.27. The summed E-state index contributed by atoms with van der Waals surface area (Å²) >= 11 is 15.7. The van der Waals surface area contributed by atoms with Gasteiger partial charge in [-0.2, -0.15) is 0 Å². The van der Waals surface area contributed by atoms with Crippen LogP contribution in [0.1, 0.15) is 48.2 Å². The Morgan fingerprint density at radius 3 is 2.22 bits per heavy atom. The van der Waals surface area contributed by atoms with Crippen LogP contribution in [-0.2, 0) is 9.53 Å². The predicted octanol–water partition coefficient (Wildman–Crippen LogP) is 8.54. The van der Waals surface area contributed by atoms with Crippen LogP contribution in [0.4, 0.5) is 4.39 Å². The van der Waals surface area contributed by atoms with Gasteiger partial charge in [-0.05, 0) is 60.9 Å². The van der Waals surface area contributed by atoms with Gasteiger partial charge in [-0.1, -0.05) is 75.5 Å².